The van der Waals surface area contributed by atoms with Crippen LogP contribution in [0.5, 0.6) is 0 Å². The summed E-state index contributed by atoms with van der Waals surface area (Å²) in [5.74, 6) is 0.880. The van der Waals surface area contributed by atoms with Gasteiger partial charge in [0.1, 0.15) is 5.82 Å². The molecule has 254 valence electrons. The zero-order valence-electron chi connectivity index (χ0n) is 29.0. The molecule has 5 nitrogen and oxygen atoms in total. The van der Waals surface area contributed by atoms with Gasteiger partial charge >= 0.3 is 0 Å². The number of fused-ring (bicyclic) bond motifs is 5. The summed E-state index contributed by atoms with van der Waals surface area (Å²) in [5, 5.41) is 16.5. The normalized spacial score (nSPS) is 17.4. The predicted octanol–water partition coefficient (Wildman–Crippen LogP) is 10.8. The van der Waals surface area contributed by atoms with Gasteiger partial charge in [0.05, 0.1) is 29.5 Å². The molecule has 3 unspecified atom stereocenters. The standard InChI is InChI=1S/C48H37N5/c1-4-12-32(13-5-1)34-20-22-37(23-21-34)47-50-46(36-17-8-3-9-18-36)51-48(52-47)39-28-29-49-44(31-39)53-42-27-25-35-16-10-11-19-40(35)45(42)41-26-24-38(30-43(41)53)33-14-6-2-7-15-33/h1-31,46-48,50-52H. The molecule has 5 heteroatoms. The second-order valence-corrected chi connectivity index (χ2v) is 13.8. The predicted molar refractivity (Wildman–Crippen MR) is 217 cm³/mol. The molecular formula is C48H37N5. The molecule has 3 heterocycles. The van der Waals surface area contributed by atoms with E-state index in [0.29, 0.717) is 0 Å². The van der Waals surface area contributed by atoms with Crippen molar-refractivity contribution in [2.24, 2.45) is 0 Å². The Morgan fingerprint density at radius 3 is 1.68 bits per heavy atom. The number of benzene rings is 7. The molecule has 0 aliphatic carbocycles. The molecule has 7 aromatic carbocycles. The number of pyridine rings is 1. The molecule has 10 rings (SSSR count). The van der Waals surface area contributed by atoms with Gasteiger partial charge in [-0.1, -0.05) is 158 Å². The van der Waals surface area contributed by atoms with Crippen molar-refractivity contribution in [2.75, 3.05) is 0 Å². The summed E-state index contributed by atoms with van der Waals surface area (Å²) in [5.41, 5.74) is 10.5. The van der Waals surface area contributed by atoms with Gasteiger partial charge in [0.25, 0.3) is 0 Å². The van der Waals surface area contributed by atoms with Gasteiger partial charge in [0.15, 0.2) is 0 Å². The maximum Gasteiger partial charge on any atom is 0.137 e. The van der Waals surface area contributed by atoms with Crippen LogP contribution in [0.1, 0.15) is 35.2 Å². The highest BCUT2D eigenvalue weighted by Crippen LogP contribution is 2.39. The summed E-state index contributed by atoms with van der Waals surface area (Å²) in [4.78, 5) is 5.04. The molecule has 1 aliphatic heterocycles. The van der Waals surface area contributed by atoms with E-state index in [0.717, 1.165) is 22.4 Å². The molecule has 0 spiro atoms. The Hall–Kier alpha value is -6.37. The summed E-state index contributed by atoms with van der Waals surface area (Å²) in [6.45, 7) is 0. The molecular weight excluding hydrogens is 647 g/mol. The lowest BCUT2D eigenvalue weighted by Gasteiger charge is -2.39. The van der Waals surface area contributed by atoms with Gasteiger partial charge in [0, 0.05) is 17.0 Å². The van der Waals surface area contributed by atoms with E-state index in [4.69, 9.17) is 4.98 Å². The quantitative estimate of drug-likeness (QED) is 0.163. The van der Waals surface area contributed by atoms with Crippen molar-refractivity contribution in [3.05, 3.63) is 205 Å². The zero-order chi connectivity index (χ0) is 35.1. The fourth-order valence-electron chi connectivity index (χ4n) is 7.95. The van der Waals surface area contributed by atoms with E-state index in [2.05, 4.69) is 203 Å². The third-order valence-electron chi connectivity index (χ3n) is 10.6. The Kier molecular flexibility index (Phi) is 7.88. The van der Waals surface area contributed by atoms with E-state index in [-0.39, 0.29) is 18.5 Å². The lowest BCUT2D eigenvalue weighted by molar-refractivity contribution is 0.203. The van der Waals surface area contributed by atoms with Crippen molar-refractivity contribution < 1.29 is 0 Å². The monoisotopic (exact) mass is 683 g/mol. The first-order valence-corrected chi connectivity index (χ1v) is 18.2. The van der Waals surface area contributed by atoms with Crippen molar-refractivity contribution >= 4 is 32.6 Å². The smallest absolute Gasteiger partial charge is 0.137 e. The summed E-state index contributed by atoms with van der Waals surface area (Å²) >= 11 is 0. The molecule has 0 saturated carbocycles. The number of nitrogens with zero attached hydrogens (tertiary/aromatic N) is 2. The summed E-state index contributed by atoms with van der Waals surface area (Å²) in [6, 6.07) is 64.9. The van der Waals surface area contributed by atoms with E-state index in [1.54, 1.807) is 0 Å². The zero-order valence-corrected chi connectivity index (χ0v) is 29.0. The van der Waals surface area contributed by atoms with Crippen LogP contribution in [0.4, 0.5) is 0 Å². The van der Waals surface area contributed by atoms with Crippen LogP contribution in [0.2, 0.25) is 0 Å². The molecule has 3 atom stereocenters. The Morgan fingerprint density at radius 1 is 0.396 bits per heavy atom. The second kappa shape index (κ2) is 13.3. The van der Waals surface area contributed by atoms with Crippen molar-refractivity contribution in [3.8, 4) is 28.1 Å². The average molecular weight is 684 g/mol. The number of nitrogens with one attached hydrogen (secondary N) is 3. The number of hydrogen-bond donors (Lipinski definition) is 3. The van der Waals surface area contributed by atoms with E-state index in [1.165, 1.54) is 54.9 Å². The maximum absolute atomic E-state index is 5.04. The summed E-state index contributed by atoms with van der Waals surface area (Å²) in [7, 11) is 0. The van der Waals surface area contributed by atoms with Gasteiger partial charge in [-0.2, -0.15) is 0 Å². The molecule has 0 amide bonds. The van der Waals surface area contributed by atoms with Gasteiger partial charge in [-0.05, 0) is 74.0 Å². The highest BCUT2D eigenvalue weighted by molar-refractivity contribution is 6.21. The Bertz CT molecular complexity index is 2700. The minimum Gasteiger partial charge on any atom is -0.294 e. The SMILES string of the molecule is c1ccc(-c2ccc(C3NC(c4ccccc4)NC(c4ccnc(-n5c6cc(-c7ccccc7)ccc6c6c7ccccc7ccc65)c4)N3)cc2)cc1. The van der Waals surface area contributed by atoms with E-state index >= 15 is 0 Å². The van der Waals surface area contributed by atoms with Gasteiger partial charge in [0.2, 0.25) is 0 Å². The van der Waals surface area contributed by atoms with Gasteiger partial charge in [-0.25, -0.2) is 4.98 Å². The highest BCUT2D eigenvalue weighted by Gasteiger charge is 2.30. The molecule has 53 heavy (non-hydrogen) atoms. The largest absolute Gasteiger partial charge is 0.294 e. The third-order valence-corrected chi connectivity index (χ3v) is 10.6. The van der Waals surface area contributed by atoms with Gasteiger partial charge in [-0.3, -0.25) is 20.5 Å². The molecule has 0 radical (unpaired) electrons. The lowest BCUT2D eigenvalue weighted by Crippen LogP contribution is -2.54. The average Bonchev–Trinajstić information content (AvgIpc) is 3.59. The van der Waals surface area contributed by atoms with Crippen molar-refractivity contribution in [1.82, 2.24) is 25.5 Å². The van der Waals surface area contributed by atoms with Crippen molar-refractivity contribution in [1.29, 1.82) is 0 Å². The lowest BCUT2D eigenvalue weighted by atomic mass is 10.0. The summed E-state index contributed by atoms with van der Waals surface area (Å²) < 4.78 is 2.34. The molecule has 2 aromatic heterocycles. The van der Waals surface area contributed by atoms with Crippen LogP contribution in [0.3, 0.4) is 0 Å². The first kappa shape index (κ1) is 31.4. The Balaban J connectivity index is 1.08. The molecule has 9 aromatic rings. The number of aromatic nitrogens is 2. The molecule has 1 aliphatic rings. The van der Waals surface area contributed by atoms with Crippen LogP contribution in [0, 0.1) is 0 Å². The fourth-order valence-corrected chi connectivity index (χ4v) is 7.95. The summed E-state index contributed by atoms with van der Waals surface area (Å²) in [6.07, 6.45) is 1.61. The first-order chi connectivity index (χ1) is 26.3. The fraction of sp³-hybridized carbons (Fsp3) is 0.0625. The van der Waals surface area contributed by atoms with Crippen LogP contribution in [-0.4, -0.2) is 9.55 Å². The van der Waals surface area contributed by atoms with Gasteiger partial charge in [-0.15, -0.1) is 0 Å². The minimum atomic E-state index is -0.157. The first-order valence-electron chi connectivity index (χ1n) is 18.2. The molecule has 3 N–H and O–H groups in total. The third kappa shape index (κ3) is 5.78. The topological polar surface area (TPSA) is 53.9 Å². The highest BCUT2D eigenvalue weighted by atomic mass is 15.4. The van der Waals surface area contributed by atoms with Crippen LogP contribution in [0.25, 0.3) is 60.6 Å². The second-order valence-electron chi connectivity index (χ2n) is 13.8. The Morgan fingerprint density at radius 2 is 0.962 bits per heavy atom. The van der Waals surface area contributed by atoms with E-state index in [9.17, 15) is 0 Å². The number of rotatable bonds is 6. The minimum absolute atomic E-state index is 0.0779. The van der Waals surface area contributed by atoms with Gasteiger partial charge < -0.3 is 0 Å². The van der Waals surface area contributed by atoms with Crippen LogP contribution >= 0.6 is 0 Å². The van der Waals surface area contributed by atoms with Crippen LogP contribution in [0.15, 0.2) is 188 Å². The number of hydrogen-bond acceptors (Lipinski definition) is 4. The molecule has 0 bridgehead atoms. The molecule has 1 fully saturated rings. The van der Waals surface area contributed by atoms with E-state index < -0.39 is 0 Å². The van der Waals surface area contributed by atoms with E-state index in [1.807, 2.05) is 6.20 Å². The van der Waals surface area contributed by atoms with Crippen molar-refractivity contribution in [3.63, 3.8) is 0 Å². The Labute approximate surface area is 308 Å². The van der Waals surface area contributed by atoms with Crippen LogP contribution in [-0.2, 0) is 0 Å². The van der Waals surface area contributed by atoms with Crippen LogP contribution < -0.4 is 16.0 Å². The van der Waals surface area contributed by atoms with Crippen molar-refractivity contribution in [2.45, 2.75) is 18.5 Å². The molecule has 1 saturated heterocycles. The maximum atomic E-state index is 5.04.